The van der Waals surface area contributed by atoms with E-state index in [4.69, 9.17) is 16.7 Å². The summed E-state index contributed by atoms with van der Waals surface area (Å²) in [6, 6.07) is 0. The average Bonchev–Trinajstić information content (AvgIpc) is 1.35. The maximum Gasteiger partial charge on any atom is 0.154 e. The fourth-order valence-corrected chi connectivity index (χ4v) is 0. The lowest BCUT2D eigenvalue weighted by Crippen LogP contribution is -2.07. The third kappa shape index (κ3) is 3.99. The van der Waals surface area contributed by atoms with E-state index in [1.165, 1.54) is 13.0 Å². The highest BCUT2D eigenvalue weighted by atomic mass is 35.5. The van der Waals surface area contributed by atoms with Gasteiger partial charge in [0.25, 0.3) is 0 Å². The predicted octanol–water partition coefficient (Wildman–Crippen LogP) is 1.12. The minimum absolute atomic E-state index is 1.22. The molecule has 0 radical (unpaired) electrons. The van der Waals surface area contributed by atoms with Gasteiger partial charge in [-0.15, -0.1) is 0 Å². The van der Waals surface area contributed by atoms with Crippen molar-refractivity contribution in [3.8, 4) is 0 Å². The Bertz CT molecular complexity index is 53.1. The molecule has 0 fully saturated rings. The minimum atomic E-state index is -1.22. The third-order valence-electron chi connectivity index (χ3n) is 0.373. The Morgan fingerprint density at radius 3 is 2.17 bits per heavy atom. The normalized spacial score (nSPS) is 19.2. The molecule has 0 rings (SSSR count). The molecule has 0 spiro atoms. The van der Waals surface area contributed by atoms with Crippen LogP contribution in [0.3, 0.4) is 0 Å². The summed E-state index contributed by atoms with van der Waals surface area (Å²) in [5.74, 6) is 0. The summed E-state index contributed by atoms with van der Waals surface area (Å²) >= 11 is 5.16. The van der Waals surface area contributed by atoms with Gasteiger partial charge in [0.1, 0.15) is 0 Å². The van der Waals surface area contributed by atoms with Crippen LogP contribution >= 0.6 is 11.6 Å². The molecule has 0 bridgehead atoms. The first kappa shape index (κ1) is 5.99. The van der Waals surface area contributed by atoms with Crippen molar-refractivity contribution in [3.63, 3.8) is 0 Å². The van der Waals surface area contributed by atoms with Crippen LogP contribution in [0.2, 0.25) is 0 Å². The van der Waals surface area contributed by atoms with Gasteiger partial charge >= 0.3 is 0 Å². The second kappa shape index (κ2) is 1.63. The van der Waals surface area contributed by atoms with Crippen molar-refractivity contribution < 1.29 is 5.11 Å². The van der Waals surface area contributed by atoms with Crippen molar-refractivity contribution >= 4 is 11.6 Å². The summed E-state index contributed by atoms with van der Waals surface area (Å²) < 4.78 is 0. The molecule has 0 saturated heterocycles. The molecule has 0 heterocycles. The number of aliphatic hydroxyl groups is 1. The maximum absolute atomic E-state index is 8.47. The molecule has 0 aromatic carbocycles. The van der Waals surface area contributed by atoms with Crippen molar-refractivity contribution in [1.82, 2.24) is 0 Å². The van der Waals surface area contributed by atoms with Crippen LogP contribution in [0.4, 0.5) is 0 Å². The standard InChI is InChI=1S/C4H7ClO/c1-3-4(2,5)6/h3,6H,1H2,2H3. The van der Waals surface area contributed by atoms with Crippen LogP contribution in [0.5, 0.6) is 0 Å². The lowest BCUT2D eigenvalue weighted by molar-refractivity contribution is 0.201. The van der Waals surface area contributed by atoms with Gasteiger partial charge in [-0.1, -0.05) is 18.2 Å². The van der Waals surface area contributed by atoms with Crippen LogP contribution in [-0.4, -0.2) is 10.2 Å². The first-order valence-corrected chi connectivity index (χ1v) is 1.99. The van der Waals surface area contributed by atoms with E-state index in [1.54, 1.807) is 0 Å². The summed E-state index contributed by atoms with van der Waals surface area (Å²) in [5, 5.41) is 7.25. The first-order valence-electron chi connectivity index (χ1n) is 1.61. The Morgan fingerprint density at radius 1 is 2.00 bits per heavy atom. The molecule has 0 aromatic rings. The molecule has 1 unspecified atom stereocenters. The highest BCUT2D eigenvalue weighted by molar-refractivity contribution is 6.23. The van der Waals surface area contributed by atoms with Gasteiger partial charge in [0.05, 0.1) is 0 Å². The predicted molar refractivity (Wildman–Crippen MR) is 26.7 cm³/mol. The molecule has 0 saturated carbocycles. The summed E-state index contributed by atoms with van der Waals surface area (Å²) in [7, 11) is 0. The van der Waals surface area contributed by atoms with Crippen LogP contribution in [0.1, 0.15) is 6.92 Å². The van der Waals surface area contributed by atoms with Gasteiger partial charge in [0.15, 0.2) is 5.06 Å². The molecule has 0 amide bonds. The number of hydrogen-bond donors (Lipinski definition) is 1. The molecular formula is C4H7ClO. The zero-order chi connectivity index (χ0) is 5.21. The van der Waals surface area contributed by atoms with Gasteiger partial charge in [0.2, 0.25) is 0 Å². The maximum atomic E-state index is 8.47. The highest BCUT2D eigenvalue weighted by Crippen LogP contribution is 2.07. The first-order chi connectivity index (χ1) is 2.56. The van der Waals surface area contributed by atoms with Crippen molar-refractivity contribution in [1.29, 1.82) is 0 Å². The molecule has 2 heteroatoms. The van der Waals surface area contributed by atoms with E-state index in [9.17, 15) is 0 Å². The van der Waals surface area contributed by atoms with Gasteiger partial charge in [-0.05, 0) is 13.0 Å². The summed E-state index contributed by atoms with van der Waals surface area (Å²) in [5.41, 5.74) is 0. The van der Waals surface area contributed by atoms with E-state index in [1.807, 2.05) is 0 Å². The van der Waals surface area contributed by atoms with Gasteiger partial charge in [0, 0.05) is 0 Å². The van der Waals surface area contributed by atoms with Gasteiger partial charge in [-0.2, -0.15) is 0 Å². The topological polar surface area (TPSA) is 20.2 Å². The Hall–Kier alpha value is -0.0100. The Morgan fingerprint density at radius 2 is 2.17 bits per heavy atom. The molecule has 0 aliphatic carbocycles. The van der Waals surface area contributed by atoms with Crippen LogP contribution in [0.15, 0.2) is 12.7 Å². The monoisotopic (exact) mass is 106 g/mol. The molecule has 1 atom stereocenters. The van der Waals surface area contributed by atoms with E-state index in [-0.39, 0.29) is 0 Å². The molecular weight excluding hydrogens is 99.5 g/mol. The highest BCUT2D eigenvalue weighted by Gasteiger charge is 2.05. The SMILES string of the molecule is C=CC(C)(O)Cl. The quantitative estimate of drug-likeness (QED) is 0.392. The lowest BCUT2D eigenvalue weighted by atomic mass is 10.4. The summed E-state index contributed by atoms with van der Waals surface area (Å²) in [6.07, 6.45) is 1.26. The Labute approximate surface area is 42.2 Å². The van der Waals surface area contributed by atoms with E-state index in [0.29, 0.717) is 0 Å². The fourth-order valence-electron chi connectivity index (χ4n) is 0. The zero-order valence-electron chi connectivity index (χ0n) is 3.61. The van der Waals surface area contributed by atoms with Crippen LogP contribution in [0, 0.1) is 0 Å². The molecule has 0 aliphatic heterocycles. The van der Waals surface area contributed by atoms with Gasteiger partial charge < -0.3 is 5.11 Å². The van der Waals surface area contributed by atoms with Crippen LogP contribution in [-0.2, 0) is 0 Å². The van der Waals surface area contributed by atoms with Crippen LogP contribution in [0.25, 0.3) is 0 Å². The number of alkyl halides is 1. The number of rotatable bonds is 1. The van der Waals surface area contributed by atoms with E-state index < -0.39 is 5.06 Å². The Kier molecular flexibility index (Phi) is 1.62. The lowest BCUT2D eigenvalue weighted by Gasteiger charge is -2.03. The molecule has 36 valence electrons. The molecule has 1 nitrogen and oxygen atoms in total. The second-order valence-corrected chi connectivity index (χ2v) is 1.99. The Balaban J connectivity index is 3.45. The fraction of sp³-hybridized carbons (Fsp3) is 0.500. The van der Waals surface area contributed by atoms with Gasteiger partial charge in [-0.3, -0.25) is 0 Å². The number of hydrogen-bond acceptors (Lipinski definition) is 1. The molecule has 1 N–H and O–H groups in total. The number of halogens is 1. The van der Waals surface area contributed by atoms with Crippen molar-refractivity contribution in [2.24, 2.45) is 0 Å². The smallest absolute Gasteiger partial charge is 0.154 e. The van der Waals surface area contributed by atoms with E-state index in [2.05, 4.69) is 6.58 Å². The molecule has 0 aromatic heterocycles. The van der Waals surface area contributed by atoms with E-state index >= 15 is 0 Å². The molecule has 6 heavy (non-hydrogen) atoms. The average molecular weight is 107 g/mol. The van der Waals surface area contributed by atoms with Crippen molar-refractivity contribution in [2.75, 3.05) is 0 Å². The van der Waals surface area contributed by atoms with Gasteiger partial charge in [-0.25, -0.2) is 0 Å². The van der Waals surface area contributed by atoms with Crippen LogP contribution < -0.4 is 0 Å². The second-order valence-electron chi connectivity index (χ2n) is 1.23. The zero-order valence-corrected chi connectivity index (χ0v) is 4.37. The van der Waals surface area contributed by atoms with Crippen molar-refractivity contribution in [3.05, 3.63) is 12.7 Å². The largest absolute Gasteiger partial charge is 0.372 e. The molecule has 0 aliphatic rings. The summed E-state index contributed by atoms with van der Waals surface area (Å²) in [6.45, 7) is 4.70. The van der Waals surface area contributed by atoms with Crippen molar-refractivity contribution in [2.45, 2.75) is 12.0 Å². The minimum Gasteiger partial charge on any atom is -0.372 e. The summed E-state index contributed by atoms with van der Waals surface area (Å²) in [4.78, 5) is 0. The van der Waals surface area contributed by atoms with E-state index in [0.717, 1.165) is 0 Å². The third-order valence-corrected chi connectivity index (χ3v) is 0.527.